The summed E-state index contributed by atoms with van der Waals surface area (Å²) in [6.45, 7) is 3.08. The molecule has 3 heterocycles. The van der Waals surface area contributed by atoms with Crippen LogP contribution >= 0.6 is 0 Å². The fourth-order valence-corrected chi connectivity index (χ4v) is 4.48. The Labute approximate surface area is 225 Å². The number of aliphatic carboxylic acids is 2. The van der Waals surface area contributed by atoms with Crippen molar-refractivity contribution >= 4 is 23.5 Å². The molecule has 3 unspecified atom stereocenters. The van der Waals surface area contributed by atoms with E-state index in [1.165, 1.54) is 5.56 Å². The Morgan fingerprint density at radius 2 is 1.55 bits per heavy atom. The molecule has 220 valence electrons. The van der Waals surface area contributed by atoms with Gasteiger partial charge in [0.25, 0.3) is 0 Å². The number of carbonyl (C=O) groups excluding carboxylic acids is 1. The SMILES string of the molecule is CN1C(C(=O)Nc2ccccc2)CC2CN(Cc3cccnc3)CCC21.O=C(O)C(F)(F)F.O=C(O)C(F)(F)F. The highest BCUT2D eigenvalue weighted by Gasteiger charge is 2.44. The molecular formula is C25H28F6N4O5. The number of rotatable bonds is 4. The van der Waals surface area contributed by atoms with Crippen molar-refractivity contribution in [3.63, 3.8) is 0 Å². The van der Waals surface area contributed by atoms with E-state index in [0.29, 0.717) is 12.0 Å². The molecule has 3 atom stereocenters. The fourth-order valence-electron chi connectivity index (χ4n) is 4.48. The van der Waals surface area contributed by atoms with Gasteiger partial charge in [0.2, 0.25) is 5.91 Å². The zero-order chi connectivity index (χ0) is 30.1. The molecule has 15 heteroatoms. The smallest absolute Gasteiger partial charge is 0.475 e. The van der Waals surface area contributed by atoms with Crippen LogP contribution in [0.5, 0.6) is 0 Å². The summed E-state index contributed by atoms with van der Waals surface area (Å²) in [5.74, 6) is -4.84. The number of hydrogen-bond donors (Lipinski definition) is 3. The largest absolute Gasteiger partial charge is 0.490 e. The van der Waals surface area contributed by atoms with Crippen LogP contribution in [0, 0.1) is 5.92 Å². The summed E-state index contributed by atoms with van der Waals surface area (Å²) in [6, 6.07) is 14.3. The first kappa shape index (κ1) is 32.5. The highest BCUT2D eigenvalue weighted by Crippen LogP contribution is 2.35. The summed E-state index contributed by atoms with van der Waals surface area (Å²) in [5, 5.41) is 17.3. The summed E-state index contributed by atoms with van der Waals surface area (Å²) in [7, 11) is 2.11. The molecule has 0 bridgehead atoms. The van der Waals surface area contributed by atoms with Crippen molar-refractivity contribution in [2.75, 3.05) is 25.5 Å². The van der Waals surface area contributed by atoms with Crippen LogP contribution in [0.2, 0.25) is 0 Å². The number of benzene rings is 1. The molecule has 1 aromatic heterocycles. The second-order valence-corrected chi connectivity index (χ2v) is 9.09. The van der Waals surface area contributed by atoms with E-state index in [9.17, 15) is 31.1 Å². The maximum Gasteiger partial charge on any atom is 0.490 e. The predicted octanol–water partition coefficient (Wildman–Crippen LogP) is 3.88. The molecule has 40 heavy (non-hydrogen) atoms. The first-order chi connectivity index (χ1) is 18.6. The quantitative estimate of drug-likeness (QED) is 0.468. The molecule has 1 amide bonds. The third kappa shape index (κ3) is 10.1. The molecule has 1 aromatic carbocycles. The Morgan fingerprint density at radius 1 is 0.975 bits per heavy atom. The van der Waals surface area contributed by atoms with Gasteiger partial charge >= 0.3 is 24.3 Å². The summed E-state index contributed by atoms with van der Waals surface area (Å²) in [6.07, 6.45) is -4.35. The summed E-state index contributed by atoms with van der Waals surface area (Å²) < 4.78 is 63.5. The van der Waals surface area contributed by atoms with Crippen molar-refractivity contribution in [2.24, 2.45) is 5.92 Å². The first-order valence-electron chi connectivity index (χ1n) is 11.9. The molecule has 2 fully saturated rings. The van der Waals surface area contributed by atoms with Crippen LogP contribution in [0.15, 0.2) is 54.9 Å². The minimum absolute atomic E-state index is 0.0384. The van der Waals surface area contributed by atoms with Gasteiger partial charge in [-0.25, -0.2) is 9.59 Å². The van der Waals surface area contributed by atoms with Gasteiger partial charge < -0.3 is 15.5 Å². The number of para-hydroxylation sites is 1. The molecule has 0 radical (unpaired) electrons. The molecule has 2 aliphatic heterocycles. The number of alkyl halides is 6. The summed E-state index contributed by atoms with van der Waals surface area (Å²) in [5.41, 5.74) is 2.13. The lowest BCUT2D eigenvalue weighted by Gasteiger charge is -2.37. The van der Waals surface area contributed by atoms with E-state index in [0.717, 1.165) is 38.2 Å². The molecule has 0 spiro atoms. The van der Waals surface area contributed by atoms with Crippen LogP contribution in [0.1, 0.15) is 18.4 Å². The number of piperidine rings is 1. The Morgan fingerprint density at radius 3 is 2.05 bits per heavy atom. The van der Waals surface area contributed by atoms with Gasteiger partial charge in [-0.1, -0.05) is 24.3 Å². The van der Waals surface area contributed by atoms with Gasteiger partial charge in [-0.05, 0) is 56.1 Å². The number of carbonyl (C=O) groups is 3. The number of aromatic nitrogens is 1. The van der Waals surface area contributed by atoms with Gasteiger partial charge in [-0.15, -0.1) is 0 Å². The number of carboxylic acids is 2. The number of fused-ring (bicyclic) bond motifs is 1. The van der Waals surface area contributed by atoms with E-state index in [1.54, 1.807) is 0 Å². The molecule has 9 nitrogen and oxygen atoms in total. The predicted molar refractivity (Wildman–Crippen MR) is 130 cm³/mol. The average Bonchev–Trinajstić information content (AvgIpc) is 3.20. The lowest BCUT2D eigenvalue weighted by atomic mass is 9.92. The Balaban J connectivity index is 0.000000333. The maximum absolute atomic E-state index is 12.8. The van der Waals surface area contributed by atoms with Crippen LogP contribution in [0.3, 0.4) is 0 Å². The van der Waals surface area contributed by atoms with Crippen molar-refractivity contribution in [1.82, 2.24) is 14.8 Å². The lowest BCUT2D eigenvalue weighted by molar-refractivity contribution is -0.193. The number of nitrogens with one attached hydrogen (secondary N) is 1. The molecule has 3 N–H and O–H groups in total. The van der Waals surface area contributed by atoms with Crippen LogP contribution in [0.4, 0.5) is 32.0 Å². The zero-order valence-electron chi connectivity index (χ0n) is 21.2. The second kappa shape index (κ2) is 14.1. The zero-order valence-corrected chi connectivity index (χ0v) is 21.2. The fraction of sp³-hybridized carbons (Fsp3) is 0.440. The van der Waals surface area contributed by atoms with Gasteiger partial charge in [0.05, 0.1) is 6.04 Å². The molecule has 4 rings (SSSR count). The molecule has 2 aliphatic rings. The minimum atomic E-state index is -5.08. The highest BCUT2D eigenvalue weighted by molar-refractivity contribution is 5.95. The van der Waals surface area contributed by atoms with Crippen LogP contribution in [0.25, 0.3) is 0 Å². The number of amides is 1. The number of pyridine rings is 1. The number of likely N-dealkylation sites (N-methyl/N-ethyl adjacent to an activating group) is 1. The highest BCUT2D eigenvalue weighted by atomic mass is 19.4. The third-order valence-corrected chi connectivity index (χ3v) is 6.28. The first-order valence-corrected chi connectivity index (χ1v) is 11.9. The van der Waals surface area contributed by atoms with E-state index >= 15 is 0 Å². The van der Waals surface area contributed by atoms with Crippen molar-refractivity contribution < 1.29 is 50.9 Å². The Kier molecular flexibility index (Phi) is 11.4. The van der Waals surface area contributed by atoms with Crippen LogP contribution < -0.4 is 5.32 Å². The number of hydrogen-bond acceptors (Lipinski definition) is 6. The van der Waals surface area contributed by atoms with E-state index in [1.807, 2.05) is 48.8 Å². The van der Waals surface area contributed by atoms with Crippen molar-refractivity contribution in [3.05, 3.63) is 60.4 Å². The van der Waals surface area contributed by atoms with E-state index in [-0.39, 0.29) is 11.9 Å². The van der Waals surface area contributed by atoms with E-state index < -0.39 is 24.3 Å². The Hall–Kier alpha value is -3.72. The number of likely N-dealkylation sites (tertiary alicyclic amines) is 2. The van der Waals surface area contributed by atoms with Crippen LogP contribution in [-0.2, 0) is 20.9 Å². The monoisotopic (exact) mass is 578 g/mol. The van der Waals surface area contributed by atoms with Crippen LogP contribution in [-0.4, -0.2) is 87.4 Å². The lowest BCUT2D eigenvalue weighted by Crippen LogP contribution is -2.46. The van der Waals surface area contributed by atoms with E-state index in [2.05, 4.69) is 33.2 Å². The molecule has 0 aliphatic carbocycles. The summed E-state index contributed by atoms with van der Waals surface area (Å²) >= 11 is 0. The number of anilines is 1. The van der Waals surface area contributed by atoms with Gasteiger partial charge in [0.15, 0.2) is 0 Å². The number of halogens is 6. The van der Waals surface area contributed by atoms with Gasteiger partial charge in [0, 0.05) is 37.2 Å². The van der Waals surface area contributed by atoms with Crippen molar-refractivity contribution in [2.45, 2.75) is 43.8 Å². The van der Waals surface area contributed by atoms with E-state index in [4.69, 9.17) is 19.8 Å². The standard InChI is InChI=1S/C21H26N4O.2C2HF3O2/c1-24-19-9-11-25(14-16-6-5-10-22-13-16)15-17(19)12-20(24)21(26)23-18-7-3-2-4-8-18;2*3-2(4,5)1(6)7/h2-8,10,13,17,19-20H,9,11-12,14-15H2,1H3,(H,23,26);2*(H,6,7). The third-order valence-electron chi connectivity index (χ3n) is 6.28. The molecular weight excluding hydrogens is 550 g/mol. The topological polar surface area (TPSA) is 123 Å². The number of nitrogens with zero attached hydrogens (tertiary/aromatic N) is 3. The van der Waals surface area contributed by atoms with Crippen molar-refractivity contribution in [3.8, 4) is 0 Å². The maximum atomic E-state index is 12.8. The van der Waals surface area contributed by atoms with Gasteiger partial charge in [-0.3, -0.25) is 19.6 Å². The average molecular weight is 579 g/mol. The second-order valence-electron chi connectivity index (χ2n) is 9.09. The minimum Gasteiger partial charge on any atom is -0.475 e. The van der Waals surface area contributed by atoms with Gasteiger partial charge in [-0.2, -0.15) is 26.3 Å². The Bertz CT molecular complexity index is 1090. The molecule has 2 saturated heterocycles. The van der Waals surface area contributed by atoms with Crippen molar-refractivity contribution in [1.29, 1.82) is 0 Å². The number of carboxylic acid groups (broad SMARTS) is 2. The normalized spacial score (nSPS) is 21.1. The molecule has 2 aromatic rings. The summed E-state index contributed by atoms with van der Waals surface area (Å²) in [4.78, 5) is 39.6. The molecule has 0 saturated carbocycles. The van der Waals surface area contributed by atoms with Gasteiger partial charge in [0.1, 0.15) is 0 Å².